The predicted octanol–water partition coefficient (Wildman–Crippen LogP) is 5.85. The normalized spacial score (nSPS) is 14.6. The molecule has 9 nitrogen and oxygen atoms in total. The number of carbonyl (C=O) groups excluding carboxylic acids is 1. The number of nitro groups is 1. The fraction of sp³-hybridized carbons (Fsp3) is 0.0769. The molecular formula is C26H16BrN3O6. The van der Waals surface area contributed by atoms with E-state index >= 15 is 0 Å². The minimum absolute atomic E-state index is 0.0717. The molecule has 10 heteroatoms. The topological polar surface area (TPSA) is 142 Å². The number of hydrogen-bond acceptors (Lipinski definition) is 8. The van der Waals surface area contributed by atoms with E-state index < -0.39 is 16.8 Å². The van der Waals surface area contributed by atoms with Crippen molar-refractivity contribution in [1.82, 2.24) is 0 Å². The molecule has 36 heavy (non-hydrogen) atoms. The van der Waals surface area contributed by atoms with Gasteiger partial charge in [-0.15, -0.1) is 0 Å². The van der Waals surface area contributed by atoms with Crippen molar-refractivity contribution in [3.05, 3.63) is 109 Å². The lowest BCUT2D eigenvalue weighted by Crippen LogP contribution is -2.21. The molecule has 0 aliphatic carbocycles. The molecule has 4 aromatic rings. The van der Waals surface area contributed by atoms with Crippen molar-refractivity contribution < 1.29 is 23.6 Å². The molecule has 1 atom stereocenters. The highest BCUT2D eigenvalue weighted by molar-refractivity contribution is 9.10. The Bertz CT molecular complexity index is 1650. The zero-order valence-electron chi connectivity index (χ0n) is 18.7. The third-order valence-corrected chi connectivity index (χ3v) is 6.39. The molecule has 1 unspecified atom stereocenters. The summed E-state index contributed by atoms with van der Waals surface area (Å²) in [6.07, 6.45) is 0. The maximum absolute atomic E-state index is 12.9. The molecule has 1 aliphatic rings. The molecule has 0 fully saturated rings. The van der Waals surface area contributed by atoms with Gasteiger partial charge >= 0.3 is 5.97 Å². The molecule has 0 bridgehead atoms. The Kier molecular flexibility index (Phi) is 5.70. The zero-order valence-corrected chi connectivity index (χ0v) is 20.2. The summed E-state index contributed by atoms with van der Waals surface area (Å²) in [6, 6.07) is 18.1. The summed E-state index contributed by atoms with van der Waals surface area (Å²) in [5.74, 6) is -1.01. The van der Waals surface area contributed by atoms with E-state index in [9.17, 15) is 20.2 Å². The molecule has 2 N–H and O–H groups in total. The van der Waals surface area contributed by atoms with Crippen molar-refractivity contribution in [3.8, 4) is 17.6 Å². The summed E-state index contributed by atoms with van der Waals surface area (Å²) in [4.78, 5) is 23.7. The first-order chi connectivity index (χ1) is 17.3. The molecule has 0 saturated heterocycles. The van der Waals surface area contributed by atoms with E-state index in [2.05, 4.69) is 15.9 Å². The van der Waals surface area contributed by atoms with Crippen LogP contribution in [0.5, 0.6) is 11.5 Å². The molecule has 0 radical (unpaired) electrons. The molecule has 0 saturated carbocycles. The van der Waals surface area contributed by atoms with Gasteiger partial charge in [-0.05, 0) is 36.8 Å². The number of ether oxygens (including phenoxy) is 2. The van der Waals surface area contributed by atoms with Gasteiger partial charge in [0.2, 0.25) is 11.6 Å². The second-order valence-corrected chi connectivity index (χ2v) is 8.98. The van der Waals surface area contributed by atoms with Gasteiger partial charge in [-0.1, -0.05) is 34.1 Å². The molecule has 1 aromatic heterocycles. The number of allylic oxidation sites excluding steroid dienone is 1. The van der Waals surface area contributed by atoms with Gasteiger partial charge in [0.05, 0.1) is 10.8 Å². The summed E-state index contributed by atoms with van der Waals surface area (Å²) in [7, 11) is 0. The van der Waals surface area contributed by atoms with Crippen molar-refractivity contribution in [2.24, 2.45) is 5.73 Å². The van der Waals surface area contributed by atoms with E-state index in [1.165, 1.54) is 24.3 Å². The second-order valence-electron chi connectivity index (χ2n) is 8.06. The van der Waals surface area contributed by atoms with Gasteiger partial charge in [-0.25, -0.2) is 4.79 Å². The highest BCUT2D eigenvalue weighted by atomic mass is 79.9. The lowest BCUT2D eigenvalue weighted by molar-refractivity contribution is -0.384. The van der Waals surface area contributed by atoms with E-state index in [1.54, 1.807) is 31.2 Å². The van der Waals surface area contributed by atoms with Gasteiger partial charge in [0.25, 0.3) is 5.69 Å². The van der Waals surface area contributed by atoms with E-state index in [0.29, 0.717) is 22.3 Å². The number of esters is 1. The number of furan rings is 1. The van der Waals surface area contributed by atoms with Gasteiger partial charge in [0, 0.05) is 39.2 Å². The molecule has 0 spiro atoms. The third-order valence-electron chi connectivity index (χ3n) is 5.90. The fourth-order valence-electron chi connectivity index (χ4n) is 4.20. The smallest absolute Gasteiger partial charge is 0.379 e. The van der Waals surface area contributed by atoms with Crippen molar-refractivity contribution >= 4 is 38.6 Å². The van der Waals surface area contributed by atoms with E-state index in [-0.39, 0.29) is 34.4 Å². The predicted molar refractivity (Wildman–Crippen MR) is 132 cm³/mol. The Morgan fingerprint density at radius 1 is 1.19 bits per heavy atom. The molecule has 5 rings (SSSR count). The van der Waals surface area contributed by atoms with Crippen LogP contribution >= 0.6 is 15.9 Å². The van der Waals surface area contributed by atoms with Gasteiger partial charge in [-0.3, -0.25) is 10.1 Å². The average Bonchev–Trinajstić information content (AvgIpc) is 3.19. The SMILES string of the molecule is Cc1c(C(=O)Oc2ccc3c(c2)OC(N)=C(C#N)C3c2cccc([N+](=O)[O-])c2)oc2ccc(Br)cc12. The number of non-ortho nitro benzene ring substituents is 1. The van der Waals surface area contributed by atoms with Gasteiger partial charge < -0.3 is 19.6 Å². The van der Waals surface area contributed by atoms with Crippen LogP contribution < -0.4 is 15.2 Å². The van der Waals surface area contributed by atoms with Crippen LogP contribution in [0.2, 0.25) is 0 Å². The molecule has 3 aromatic carbocycles. The average molecular weight is 546 g/mol. The molecule has 0 amide bonds. The third kappa shape index (κ3) is 3.95. The molecular weight excluding hydrogens is 530 g/mol. The highest BCUT2D eigenvalue weighted by Crippen LogP contribution is 2.44. The number of nitrogens with zero attached hydrogens (tertiary/aromatic N) is 2. The first-order valence-corrected chi connectivity index (χ1v) is 11.4. The lowest BCUT2D eigenvalue weighted by atomic mass is 9.83. The minimum atomic E-state index is -0.695. The number of aryl methyl sites for hydroxylation is 1. The van der Waals surface area contributed by atoms with Crippen molar-refractivity contribution in [2.75, 3.05) is 0 Å². The lowest BCUT2D eigenvalue weighted by Gasteiger charge is -2.26. The van der Waals surface area contributed by atoms with Gasteiger partial charge in [0.1, 0.15) is 28.7 Å². The number of nitrogens with two attached hydrogens (primary N) is 1. The van der Waals surface area contributed by atoms with Crippen LogP contribution in [0, 0.1) is 28.4 Å². The number of nitro benzene ring substituents is 1. The maximum Gasteiger partial charge on any atom is 0.379 e. The Labute approximate surface area is 212 Å². The van der Waals surface area contributed by atoms with Crippen LogP contribution in [0.1, 0.15) is 33.2 Å². The van der Waals surface area contributed by atoms with Crippen molar-refractivity contribution in [3.63, 3.8) is 0 Å². The zero-order chi connectivity index (χ0) is 25.6. The van der Waals surface area contributed by atoms with Crippen LogP contribution in [0.3, 0.4) is 0 Å². The number of carbonyl (C=O) groups is 1. The second kappa shape index (κ2) is 8.87. The van der Waals surface area contributed by atoms with Crippen LogP contribution in [0.25, 0.3) is 11.0 Å². The van der Waals surface area contributed by atoms with Crippen LogP contribution in [0.15, 0.2) is 81.0 Å². The number of halogens is 1. The Morgan fingerprint density at radius 2 is 2.00 bits per heavy atom. The van der Waals surface area contributed by atoms with E-state index in [4.69, 9.17) is 19.6 Å². The summed E-state index contributed by atoms with van der Waals surface area (Å²) < 4.78 is 17.8. The van der Waals surface area contributed by atoms with E-state index in [1.807, 2.05) is 18.2 Å². The Hall–Kier alpha value is -4.62. The van der Waals surface area contributed by atoms with Crippen LogP contribution in [-0.4, -0.2) is 10.9 Å². The van der Waals surface area contributed by atoms with Crippen molar-refractivity contribution in [2.45, 2.75) is 12.8 Å². The summed E-state index contributed by atoms with van der Waals surface area (Å²) in [6.45, 7) is 1.77. The summed E-state index contributed by atoms with van der Waals surface area (Å²) >= 11 is 3.41. The quantitative estimate of drug-likeness (QED) is 0.145. The van der Waals surface area contributed by atoms with E-state index in [0.717, 1.165) is 9.86 Å². The van der Waals surface area contributed by atoms with Gasteiger partial charge in [0.15, 0.2) is 0 Å². The monoisotopic (exact) mass is 545 g/mol. The largest absolute Gasteiger partial charge is 0.449 e. The standard InChI is InChI=1S/C26H16BrN3O6/c1-13-19-10-15(27)5-8-21(19)35-24(13)26(31)34-17-6-7-18-22(11-17)36-25(29)20(12-28)23(18)14-3-2-4-16(9-14)30(32)33/h2-11,23H,29H2,1H3. The number of benzene rings is 3. The van der Waals surface area contributed by atoms with Crippen LogP contribution in [0.4, 0.5) is 5.69 Å². The van der Waals surface area contributed by atoms with Crippen LogP contribution in [-0.2, 0) is 0 Å². The number of nitriles is 1. The molecule has 1 aliphatic heterocycles. The first-order valence-electron chi connectivity index (χ1n) is 10.6. The number of hydrogen-bond donors (Lipinski definition) is 1. The first kappa shape index (κ1) is 23.1. The number of rotatable bonds is 4. The molecule has 178 valence electrons. The van der Waals surface area contributed by atoms with Crippen molar-refractivity contribution in [1.29, 1.82) is 5.26 Å². The van der Waals surface area contributed by atoms with Gasteiger partial charge in [-0.2, -0.15) is 5.26 Å². The summed E-state index contributed by atoms with van der Waals surface area (Å²) in [5.41, 5.74) is 8.27. The number of fused-ring (bicyclic) bond motifs is 2. The fourth-order valence-corrected chi connectivity index (χ4v) is 4.56. The minimum Gasteiger partial charge on any atom is -0.449 e. The maximum atomic E-state index is 12.9. The highest BCUT2D eigenvalue weighted by Gasteiger charge is 2.32. The summed E-state index contributed by atoms with van der Waals surface area (Å²) in [5, 5.41) is 21.8. The molecule has 2 heterocycles. The Balaban J connectivity index is 1.50. The Morgan fingerprint density at radius 3 is 2.75 bits per heavy atom.